The maximum atomic E-state index is 13.0. The van der Waals surface area contributed by atoms with E-state index in [0.717, 1.165) is 55.0 Å². The van der Waals surface area contributed by atoms with Gasteiger partial charge in [-0.2, -0.15) is 0 Å². The largest absolute Gasteiger partial charge is 0.507 e. The molecule has 1 aromatic carbocycles. The topological polar surface area (TPSA) is 43.8 Å². The van der Waals surface area contributed by atoms with Crippen molar-refractivity contribution in [2.24, 2.45) is 17.3 Å². The highest BCUT2D eigenvalue weighted by Crippen LogP contribution is 2.54. The summed E-state index contributed by atoms with van der Waals surface area (Å²) in [6, 6.07) is 4.70. The van der Waals surface area contributed by atoms with Crippen molar-refractivity contribution < 1.29 is 9.90 Å². The number of piperidine rings is 2. The predicted molar refractivity (Wildman–Crippen MR) is 122 cm³/mol. The fourth-order valence-corrected chi connectivity index (χ4v) is 5.93. The van der Waals surface area contributed by atoms with Crippen molar-refractivity contribution >= 4 is 5.91 Å². The monoisotopic (exact) mass is 412 g/mol. The van der Waals surface area contributed by atoms with Crippen molar-refractivity contribution in [2.45, 2.75) is 78.7 Å². The first-order valence-corrected chi connectivity index (χ1v) is 12.1. The first-order valence-electron chi connectivity index (χ1n) is 12.1. The zero-order valence-corrected chi connectivity index (χ0v) is 19.4. The fourth-order valence-electron chi connectivity index (χ4n) is 5.93. The van der Waals surface area contributed by atoms with Gasteiger partial charge in [0.2, 0.25) is 5.91 Å². The number of amides is 1. The van der Waals surface area contributed by atoms with Crippen molar-refractivity contribution in [3.63, 3.8) is 0 Å². The first-order chi connectivity index (χ1) is 14.3. The van der Waals surface area contributed by atoms with Crippen LogP contribution in [0.25, 0.3) is 0 Å². The number of benzene rings is 1. The van der Waals surface area contributed by atoms with E-state index in [0.29, 0.717) is 17.2 Å². The molecule has 4 nitrogen and oxygen atoms in total. The highest BCUT2D eigenvalue weighted by Gasteiger charge is 2.45. The molecule has 0 radical (unpaired) electrons. The Balaban J connectivity index is 1.25. The van der Waals surface area contributed by atoms with Crippen LogP contribution in [0.4, 0.5) is 0 Å². The average Bonchev–Trinajstić information content (AvgIpc) is 3.50. The Morgan fingerprint density at radius 3 is 2.17 bits per heavy atom. The number of likely N-dealkylation sites (tertiary alicyclic amines) is 2. The summed E-state index contributed by atoms with van der Waals surface area (Å²) >= 11 is 0. The number of hydrogen-bond acceptors (Lipinski definition) is 3. The molecule has 3 fully saturated rings. The average molecular weight is 413 g/mol. The van der Waals surface area contributed by atoms with Crippen LogP contribution in [0.15, 0.2) is 12.1 Å². The summed E-state index contributed by atoms with van der Waals surface area (Å²) in [4.78, 5) is 17.9. The summed E-state index contributed by atoms with van der Waals surface area (Å²) in [5.74, 6) is 1.59. The maximum Gasteiger partial charge on any atom is 0.225 e. The molecule has 1 N–H and O–H groups in total. The first kappa shape index (κ1) is 21.7. The molecule has 30 heavy (non-hydrogen) atoms. The van der Waals surface area contributed by atoms with E-state index in [1.165, 1.54) is 38.8 Å². The number of nitrogens with zero attached hydrogens (tertiary/aromatic N) is 2. The normalized spacial score (nSPS) is 24.1. The minimum Gasteiger partial charge on any atom is -0.507 e. The van der Waals surface area contributed by atoms with Crippen LogP contribution in [0.5, 0.6) is 5.75 Å². The second-order valence-electron chi connectivity index (χ2n) is 10.7. The van der Waals surface area contributed by atoms with Gasteiger partial charge in [0.05, 0.1) is 0 Å². The van der Waals surface area contributed by atoms with E-state index in [1.807, 2.05) is 26.0 Å². The lowest BCUT2D eigenvalue weighted by Gasteiger charge is -2.43. The SMILES string of the molecule is Cc1cc(C[C@@H](C)C(=O)N2CCC(N3CCC(C4(C)CC4)CC3)CC2)cc(C)c1O. The van der Waals surface area contributed by atoms with Crippen LogP contribution in [0.1, 0.15) is 69.1 Å². The summed E-state index contributed by atoms with van der Waals surface area (Å²) in [5, 5.41) is 9.99. The number of phenolic OH excluding ortho intramolecular Hbond substituents is 1. The van der Waals surface area contributed by atoms with Crippen molar-refractivity contribution in [3.8, 4) is 5.75 Å². The third-order valence-corrected chi connectivity index (χ3v) is 8.36. The smallest absolute Gasteiger partial charge is 0.225 e. The van der Waals surface area contributed by atoms with Gasteiger partial charge in [-0.25, -0.2) is 0 Å². The molecule has 0 spiro atoms. The number of hydrogen-bond donors (Lipinski definition) is 1. The zero-order valence-electron chi connectivity index (χ0n) is 19.4. The Kier molecular flexibility index (Phi) is 6.16. The molecule has 1 aromatic rings. The molecule has 0 unspecified atom stereocenters. The van der Waals surface area contributed by atoms with Crippen LogP contribution in [0, 0.1) is 31.1 Å². The van der Waals surface area contributed by atoms with E-state index in [1.54, 1.807) is 0 Å². The van der Waals surface area contributed by atoms with E-state index in [-0.39, 0.29) is 11.8 Å². The molecule has 1 aliphatic carbocycles. The number of aryl methyl sites for hydroxylation is 2. The van der Waals surface area contributed by atoms with Gasteiger partial charge < -0.3 is 14.9 Å². The van der Waals surface area contributed by atoms with Gasteiger partial charge in [-0.1, -0.05) is 26.0 Å². The molecule has 166 valence electrons. The summed E-state index contributed by atoms with van der Waals surface area (Å²) in [6.07, 6.45) is 8.62. The lowest BCUT2D eigenvalue weighted by Crippen LogP contribution is -2.50. The van der Waals surface area contributed by atoms with E-state index < -0.39 is 0 Å². The van der Waals surface area contributed by atoms with E-state index >= 15 is 0 Å². The fraction of sp³-hybridized carbons (Fsp3) is 0.731. The molecule has 2 heterocycles. The molecule has 0 bridgehead atoms. The molecule has 1 amide bonds. The minimum atomic E-state index is -0.0140. The lowest BCUT2D eigenvalue weighted by molar-refractivity contribution is -0.136. The Bertz CT molecular complexity index is 746. The number of aromatic hydroxyl groups is 1. The molecule has 2 saturated heterocycles. The van der Waals surface area contributed by atoms with Crippen molar-refractivity contribution in [2.75, 3.05) is 26.2 Å². The van der Waals surface area contributed by atoms with Crippen LogP contribution >= 0.6 is 0 Å². The number of phenols is 1. The third-order valence-electron chi connectivity index (χ3n) is 8.36. The Morgan fingerprint density at radius 1 is 1.07 bits per heavy atom. The highest BCUT2D eigenvalue weighted by molar-refractivity contribution is 5.79. The summed E-state index contributed by atoms with van der Waals surface area (Å²) in [5.41, 5.74) is 3.60. The van der Waals surface area contributed by atoms with Gasteiger partial charge in [0, 0.05) is 25.0 Å². The van der Waals surface area contributed by atoms with Crippen LogP contribution in [-0.2, 0) is 11.2 Å². The molecule has 1 saturated carbocycles. The van der Waals surface area contributed by atoms with Gasteiger partial charge >= 0.3 is 0 Å². The van der Waals surface area contributed by atoms with Gasteiger partial charge in [0.1, 0.15) is 5.75 Å². The highest BCUT2D eigenvalue weighted by atomic mass is 16.3. The molecule has 0 aromatic heterocycles. The van der Waals surface area contributed by atoms with Crippen LogP contribution in [-0.4, -0.2) is 53.0 Å². The van der Waals surface area contributed by atoms with Gasteiger partial charge in [-0.3, -0.25) is 4.79 Å². The van der Waals surface area contributed by atoms with Crippen LogP contribution in [0.2, 0.25) is 0 Å². The maximum absolute atomic E-state index is 13.0. The van der Waals surface area contributed by atoms with E-state index in [4.69, 9.17) is 0 Å². The Labute approximate surface area is 182 Å². The minimum absolute atomic E-state index is 0.0140. The van der Waals surface area contributed by atoms with Crippen molar-refractivity contribution in [3.05, 3.63) is 28.8 Å². The zero-order chi connectivity index (χ0) is 21.5. The van der Waals surface area contributed by atoms with Gasteiger partial charge in [0.25, 0.3) is 0 Å². The van der Waals surface area contributed by atoms with E-state index in [2.05, 4.69) is 23.6 Å². The molecular weight excluding hydrogens is 372 g/mol. The quantitative estimate of drug-likeness (QED) is 0.763. The molecule has 4 heteroatoms. The second kappa shape index (κ2) is 8.53. The van der Waals surface area contributed by atoms with Crippen molar-refractivity contribution in [1.82, 2.24) is 9.80 Å². The van der Waals surface area contributed by atoms with Crippen LogP contribution < -0.4 is 0 Å². The second-order valence-corrected chi connectivity index (χ2v) is 10.7. The molecule has 1 atom stereocenters. The Hall–Kier alpha value is -1.55. The number of carbonyl (C=O) groups excluding carboxylic acids is 1. The molecule has 2 aliphatic heterocycles. The summed E-state index contributed by atoms with van der Waals surface area (Å²) in [7, 11) is 0. The summed E-state index contributed by atoms with van der Waals surface area (Å²) < 4.78 is 0. The Morgan fingerprint density at radius 2 is 1.63 bits per heavy atom. The molecule has 4 rings (SSSR count). The predicted octanol–water partition coefficient (Wildman–Crippen LogP) is 4.69. The van der Waals surface area contributed by atoms with Crippen LogP contribution in [0.3, 0.4) is 0 Å². The number of rotatable bonds is 5. The third kappa shape index (κ3) is 4.54. The van der Waals surface area contributed by atoms with Gasteiger partial charge in [-0.05, 0) is 99.9 Å². The molecule has 3 aliphatic rings. The lowest BCUT2D eigenvalue weighted by atomic mass is 9.82. The van der Waals surface area contributed by atoms with E-state index in [9.17, 15) is 9.90 Å². The standard InChI is InChI=1S/C26H40N2O2/c1-18-15-21(16-19(2)24(18)29)17-20(3)25(30)28-13-7-23(8-14-28)27-11-5-22(6-12-27)26(4)9-10-26/h15-16,20,22-23,29H,5-14,17H2,1-4H3/t20-/m1/s1. The van der Waals surface area contributed by atoms with Gasteiger partial charge in [-0.15, -0.1) is 0 Å². The molecular formula is C26H40N2O2. The number of carbonyl (C=O) groups is 1. The van der Waals surface area contributed by atoms with Crippen molar-refractivity contribution in [1.29, 1.82) is 0 Å². The summed E-state index contributed by atoms with van der Waals surface area (Å²) in [6.45, 7) is 12.7. The van der Waals surface area contributed by atoms with Gasteiger partial charge in [0.15, 0.2) is 0 Å².